The van der Waals surface area contributed by atoms with E-state index in [1.54, 1.807) is 6.92 Å². The van der Waals surface area contributed by atoms with Crippen LogP contribution in [0.4, 0.5) is 0 Å². The second-order valence-electron chi connectivity index (χ2n) is 4.98. The lowest BCUT2D eigenvalue weighted by molar-refractivity contribution is -0.146. The van der Waals surface area contributed by atoms with Gasteiger partial charge in [-0.15, -0.1) is 0 Å². The van der Waals surface area contributed by atoms with Crippen LogP contribution in [0.5, 0.6) is 0 Å². The first-order chi connectivity index (χ1) is 8.70. The van der Waals surface area contributed by atoms with Crippen molar-refractivity contribution in [3.8, 4) is 0 Å². The maximum absolute atomic E-state index is 12.0. The quantitative estimate of drug-likeness (QED) is 0.691. The number of nitrogens with zero attached hydrogens (tertiary/aromatic N) is 2. The molecule has 2 aliphatic rings. The number of amides is 1. The lowest BCUT2D eigenvalue weighted by Gasteiger charge is -2.37. The highest BCUT2D eigenvalue weighted by Gasteiger charge is 2.32. The molecule has 2 aliphatic heterocycles. The topological polar surface area (TPSA) is 49.9 Å². The van der Waals surface area contributed by atoms with Crippen LogP contribution in [0.15, 0.2) is 0 Å². The van der Waals surface area contributed by atoms with Gasteiger partial charge in [-0.3, -0.25) is 14.5 Å². The third kappa shape index (κ3) is 3.22. The monoisotopic (exact) mass is 254 g/mol. The number of carbonyl (C=O) groups excluding carboxylic acids is 2. The number of carbonyl (C=O) groups is 2. The van der Waals surface area contributed by atoms with Crippen molar-refractivity contribution in [2.75, 3.05) is 32.8 Å². The molecule has 2 fully saturated rings. The largest absolute Gasteiger partial charge is 0.466 e. The van der Waals surface area contributed by atoms with Crippen LogP contribution in [0.25, 0.3) is 0 Å². The van der Waals surface area contributed by atoms with Crippen LogP contribution in [-0.2, 0) is 14.3 Å². The third-order valence-electron chi connectivity index (χ3n) is 3.79. The molecule has 0 N–H and O–H groups in total. The zero-order valence-corrected chi connectivity index (χ0v) is 11.1. The van der Waals surface area contributed by atoms with Gasteiger partial charge in [-0.1, -0.05) is 0 Å². The Kier molecular flexibility index (Phi) is 4.58. The fourth-order valence-electron chi connectivity index (χ4n) is 2.82. The molecule has 2 heterocycles. The summed E-state index contributed by atoms with van der Waals surface area (Å²) >= 11 is 0. The highest BCUT2D eigenvalue weighted by molar-refractivity contribution is 5.81. The number of piperazine rings is 1. The van der Waals surface area contributed by atoms with Gasteiger partial charge in [0.05, 0.1) is 13.0 Å². The molecule has 0 aromatic rings. The molecule has 102 valence electrons. The summed E-state index contributed by atoms with van der Waals surface area (Å²) in [7, 11) is 0. The Morgan fingerprint density at radius 1 is 1.22 bits per heavy atom. The van der Waals surface area contributed by atoms with E-state index in [0.29, 0.717) is 12.6 Å². The van der Waals surface area contributed by atoms with Crippen molar-refractivity contribution in [2.24, 2.45) is 0 Å². The molecular weight excluding hydrogens is 232 g/mol. The van der Waals surface area contributed by atoms with Crippen molar-refractivity contribution in [3.05, 3.63) is 0 Å². The first kappa shape index (κ1) is 13.3. The normalized spacial score (nSPS) is 23.8. The number of hydrogen-bond acceptors (Lipinski definition) is 4. The SMILES string of the molecule is CCOC(=O)CCC(=O)N1CCN2CCCC2C1. The van der Waals surface area contributed by atoms with Crippen molar-refractivity contribution >= 4 is 11.9 Å². The van der Waals surface area contributed by atoms with Crippen LogP contribution >= 0.6 is 0 Å². The zero-order chi connectivity index (χ0) is 13.0. The molecule has 2 saturated heterocycles. The average molecular weight is 254 g/mol. The van der Waals surface area contributed by atoms with Gasteiger partial charge >= 0.3 is 5.97 Å². The van der Waals surface area contributed by atoms with E-state index in [9.17, 15) is 9.59 Å². The summed E-state index contributed by atoms with van der Waals surface area (Å²) in [6.45, 7) is 5.96. The van der Waals surface area contributed by atoms with E-state index in [1.807, 2.05) is 4.90 Å². The van der Waals surface area contributed by atoms with Gasteiger partial charge in [0.25, 0.3) is 0 Å². The van der Waals surface area contributed by atoms with Crippen LogP contribution in [0, 0.1) is 0 Å². The predicted octanol–water partition coefficient (Wildman–Crippen LogP) is 0.636. The summed E-state index contributed by atoms with van der Waals surface area (Å²) < 4.78 is 4.83. The van der Waals surface area contributed by atoms with Crippen LogP contribution < -0.4 is 0 Å². The molecule has 0 saturated carbocycles. The van der Waals surface area contributed by atoms with E-state index >= 15 is 0 Å². The molecule has 5 nitrogen and oxygen atoms in total. The number of ether oxygens (including phenoxy) is 1. The Labute approximate surface area is 108 Å². The standard InChI is InChI=1S/C13H22N2O3/c1-2-18-13(17)6-5-12(16)15-9-8-14-7-3-4-11(14)10-15/h11H,2-10H2,1H3. The second kappa shape index (κ2) is 6.18. The Morgan fingerprint density at radius 3 is 2.83 bits per heavy atom. The fourth-order valence-corrected chi connectivity index (χ4v) is 2.82. The van der Waals surface area contributed by atoms with Gasteiger partial charge in [0.2, 0.25) is 5.91 Å². The molecule has 1 atom stereocenters. The Morgan fingerprint density at radius 2 is 2.06 bits per heavy atom. The van der Waals surface area contributed by atoms with Gasteiger partial charge in [-0.25, -0.2) is 0 Å². The van der Waals surface area contributed by atoms with Gasteiger partial charge < -0.3 is 9.64 Å². The maximum Gasteiger partial charge on any atom is 0.306 e. The molecular formula is C13H22N2O3. The second-order valence-corrected chi connectivity index (χ2v) is 4.98. The van der Waals surface area contributed by atoms with Gasteiger partial charge in [-0.05, 0) is 26.3 Å². The highest BCUT2D eigenvalue weighted by atomic mass is 16.5. The van der Waals surface area contributed by atoms with Crippen molar-refractivity contribution in [3.63, 3.8) is 0 Å². The Bertz CT molecular complexity index is 319. The van der Waals surface area contributed by atoms with E-state index in [4.69, 9.17) is 4.74 Å². The minimum atomic E-state index is -0.273. The van der Waals surface area contributed by atoms with Crippen molar-refractivity contribution in [2.45, 2.75) is 38.6 Å². The van der Waals surface area contributed by atoms with Crippen LogP contribution in [-0.4, -0.2) is 60.5 Å². The van der Waals surface area contributed by atoms with Crippen molar-refractivity contribution in [1.29, 1.82) is 0 Å². The molecule has 5 heteroatoms. The lowest BCUT2D eigenvalue weighted by atomic mass is 10.1. The molecule has 0 bridgehead atoms. The fraction of sp³-hybridized carbons (Fsp3) is 0.846. The molecule has 1 amide bonds. The summed E-state index contributed by atoms with van der Waals surface area (Å²) in [6, 6.07) is 0.547. The van der Waals surface area contributed by atoms with E-state index in [2.05, 4.69) is 4.90 Å². The van der Waals surface area contributed by atoms with E-state index in [1.165, 1.54) is 19.4 Å². The maximum atomic E-state index is 12.0. The van der Waals surface area contributed by atoms with E-state index in [0.717, 1.165) is 19.6 Å². The minimum absolute atomic E-state index is 0.0922. The molecule has 0 spiro atoms. The van der Waals surface area contributed by atoms with E-state index in [-0.39, 0.29) is 24.7 Å². The van der Waals surface area contributed by atoms with Crippen molar-refractivity contribution in [1.82, 2.24) is 9.80 Å². The number of fused-ring (bicyclic) bond motifs is 1. The average Bonchev–Trinajstić information content (AvgIpc) is 2.83. The van der Waals surface area contributed by atoms with Gasteiger partial charge in [-0.2, -0.15) is 0 Å². The number of rotatable bonds is 4. The summed E-state index contributed by atoms with van der Waals surface area (Å²) in [5, 5.41) is 0. The third-order valence-corrected chi connectivity index (χ3v) is 3.79. The molecule has 0 aromatic carbocycles. The lowest BCUT2D eigenvalue weighted by Crippen LogP contribution is -2.52. The zero-order valence-electron chi connectivity index (χ0n) is 11.1. The molecule has 0 radical (unpaired) electrons. The summed E-state index contributed by atoms with van der Waals surface area (Å²) in [6.07, 6.45) is 2.93. The Hall–Kier alpha value is -1.10. The van der Waals surface area contributed by atoms with Gasteiger partial charge in [0, 0.05) is 32.1 Å². The Balaban J connectivity index is 1.74. The molecule has 0 aromatic heterocycles. The molecule has 2 rings (SSSR count). The number of hydrogen-bond donors (Lipinski definition) is 0. The van der Waals surface area contributed by atoms with E-state index < -0.39 is 0 Å². The highest BCUT2D eigenvalue weighted by Crippen LogP contribution is 2.21. The van der Waals surface area contributed by atoms with Crippen LogP contribution in [0.2, 0.25) is 0 Å². The first-order valence-corrected chi connectivity index (χ1v) is 6.88. The molecule has 1 unspecified atom stereocenters. The first-order valence-electron chi connectivity index (χ1n) is 6.88. The summed E-state index contributed by atoms with van der Waals surface area (Å²) in [5.74, 6) is -0.181. The van der Waals surface area contributed by atoms with Crippen LogP contribution in [0.1, 0.15) is 32.6 Å². The van der Waals surface area contributed by atoms with Crippen LogP contribution in [0.3, 0.4) is 0 Å². The summed E-state index contributed by atoms with van der Waals surface area (Å²) in [4.78, 5) is 27.6. The smallest absolute Gasteiger partial charge is 0.306 e. The minimum Gasteiger partial charge on any atom is -0.466 e. The molecule has 18 heavy (non-hydrogen) atoms. The van der Waals surface area contributed by atoms with Crippen molar-refractivity contribution < 1.29 is 14.3 Å². The number of esters is 1. The predicted molar refractivity (Wildman–Crippen MR) is 67.0 cm³/mol. The summed E-state index contributed by atoms with van der Waals surface area (Å²) in [5.41, 5.74) is 0. The molecule has 0 aliphatic carbocycles. The van der Waals surface area contributed by atoms with Gasteiger partial charge in [0.15, 0.2) is 0 Å². The van der Waals surface area contributed by atoms with Gasteiger partial charge in [0.1, 0.15) is 0 Å².